The predicted molar refractivity (Wildman–Crippen MR) is 128 cm³/mol. The minimum Gasteiger partial charge on any atom is -0.468 e. The highest BCUT2D eigenvalue weighted by atomic mass is 16.6. The molecule has 2 atom stereocenters. The number of aromatic nitrogens is 2. The summed E-state index contributed by atoms with van der Waals surface area (Å²) in [4.78, 5) is 44.0. The Balaban J connectivity index is 1.95. The van der Waals surface area contributed by atoms with Crippen molar-refractivity contribution in [3.63, 3.8) is 0 Å². The van der Waals surface area contributed by atoms with Crippen LogP contribution in [0.15, 0.2) is 59.6 Å². The van der Waals surface area contributed by atoms with Crippen LogP contribution < -0.4 is 0 Å². The maximum atomic E-state index is 13.3. The van der Waals surface area contributed by atoms with E-state index in [1.165, 1.54) is 20.5 Å². The van der Waals surface area contributed by atoms with Crippen molar-refractivity contribution >= 4 is 17.8 Å². The van der Waals surface area contributed by atoms with E-state index < -0.39 is 34.5 Å². The van der Waals surface area contributed by atoms with Crippen molar-refractivity contribution < 1.29 is 28.7 Å². The highest BCUT2D eigenvalue weighted by Gasteiger charge is 2.48. The van der Waals surface area contributed by atoms with Crippen LogP contribution in [0.2, 0.25) is 0 Å². The summed E-state index contributed by atoms with van der Waals surface area (Å²) < 4.78 is 17.4. The normalized spacial score (nSPS) is 20.1. The van der Waals surface area contributed by atoms with Crippen molar-refractivity contribution in [2.24, 2.45) is 5.92 Å². The zero-order chi connectivity index (χ0) is 25.8. The van der Waals surface area contributed by atoms with Gasteiger partial charge in [0.15, 0.2) is 0 Å². The molecule has 2 aromatic rings. The number of ether oxygens (including phenoxy) is 3. The Labute approximate surface area is 208 Å². The second kappa shape index (κ2) is 10.7. The van der Waals surface area contributed by atoms with Crippen LogP contribution >= 0.6 is 0 Å². The van der Waals surface area contributed by atoms with E-state index in [1.807, 2.05) is 35.2 Å². The summed E-state index contributed by atoms with van der Waals surface area (Å²) in [6, 6.07) is 9.37. The number of imidazole rings is 1. The van der Waals surface area contributed by atoms with Gasteiger partial charge in [0.1, 0.15) is 11.6 Å². The molecule has 2 heterocycles. The van der Waals surface area contributed by atoms with Gasteiger partial charge >= 0.3 is 17.8 Å². The molecule has 0 spiro atoms. The molecule has 0 N–H and O–H groups in total. The molecule has 36 heavy (non-hydrogen) atoms. The largest absolute Gasteiger partial charge is 0.468 e. The average Bonchev–Trinajstić information content (AvgIpc) is 3.31. The lowest BCUT2D eigenvalue weighted by Gasteiger charge is -2.39. The van der Waals surface area contributed by atoms with Gasteiger partial charge in [-0.25, -0.2) is 4.79 Å². The van der Waals surface area contributed by atoms with Gasteiger partial charge in [0.05, 0.1) is 45.5 Å². The molecule has 2 aliphatic rings. The van der Waals surface area contributed by atoms with Crippen LogP contribution in [-0.4, -0.2) is 71.8 Å². The molecular weight excluding hydrogens is 468 g/mol. The van der Waals surface area contributed by atoms with Gasteiger partial charge in [-0.15, -0.1) is 0 Å². The van der Waals surface area contributed by atoms with Crippen LogP contribution in [-0.2, 0) is 30.3 Å². The minimum atomic E-state index is -1.06. The SMILES string of the molecule is COC(=O)C1=C(C)C=C(N2CCOCC2)[C@@H](C(=O)OC)[C@@H]1c1c([N+](=O)[O-])ncn1Cc1ccccc1. The number of carbonyl (C=O) groups is 2. The third kappa shape index (κ3) is 4.74. The van der Waals surface area contributed by atoms with Crippen LogP contribution in [0, 0.1) is 16.0 Å². The van der Waals surface area contributed by atoms with E-state index in [0.717, 1.165) is 5.56 Å². The zero-order valence-corrected chi connectivity index (χ0v) is 20.4. The number of hydrogen-bond acceptors (Lipinski definition) is 9. The number of methoxy groups -OCH3 is 2. The standard InChI is InChI=1S/C25H28N4O7/c1-16-13-18(27-9-11-36-12-10-27)20(25(31)35-3)21(19(16)24(30)34-2)22-23(29(32)33)26-15-28(22)14-17-7-5-4-6-8-17/h4-8,13,15,20-21H,9-12,14H2,1-3H3/t20-,21-/m1/s1. The molecule has 0 amide bonds. The first-order valence-electron chi connectivity index (χ1n) is 11.5. The first kappa shape index (κ1) is 25.1. The van der Waals surface area contributed by atoms with Crippen molar-refractivity contribution in [2.45, 2.75) is 19.4 Å². The number of allylic oxidation sites excluding steroid dienone is 2. The summed E-state index contributed by atoms with van der Waals surface area (Å²) in [6.45, 7) is 3.97. The Morgan fingerprint density at radius 3 is 2.47 bits per heavy atom. The molecule has 0 bridgehead atoms. The Morgan fingerprint density at radius 1 is 1.17 bits per heavy atom. The molecule has 1 aromatic heterocycles. The topological polar surface area (TPSA) is 126 Å². The zero-order valence-electron chi connectivity index (χ0n) is 20.4. The Hall–Kier alpha value is -3.99. The molecule has 0 radical (unpaired) electrons. The smallest absolute Gasteiger partial charge is 0.385 e. The number of carbonyl (C=O) groups excluding carboxylic acids is 2. The van der Waals surface area contributed by atoms with E-state index in [4.69, 9.17) is 14.2 Å². The summed E-state index contributed by atoms with van der Waals surface area (Å²) in [5.74, 6) is -3.81. The number of hydrogen-bond donors (Lipinski definition) is 0. The Morgan fingerprint density at radius 2 is 1.86 bits per heavy atom. The lowest BCUT2D eigenvalue weighted by molar-refractivity contribution is -0.390. The number of rotatable bonds is 7. The van der Waals surface area contributed by atoms with Crippen LogP contribution in [0.25, 0.3) is 0 Å². The fourth-order valence-corrected chi connectivity index (χ4v) is 4.90. The van der Waals surface area contributed by atoms with Gasteiger partial charge in [0.2, 0.25) is 6.33 Å². The lowest BCUT2D eigenvalue weighted by atomic mass is 9.74. The van der Waals surface area contributed by atoms with Gasteiger partial charge in [-0.3, -0.25) is 4.79 Å². The van der Waals surface area contributed by atoms with E-state index >= 15 is 0 Å². The molecular formula is C25H28N4O7. The molecule has 0 unspecified atom stereocenters. The third-order valence-corrected chi connectivity index (χ3v) is 6.51. The van der Waals surface area contributed by atoms with Gasteiger partial charge in [-0.2, -0.15) is 0 Å². The lowest BCUT2D eigenvalue weighted by Crippen LogP contribution is -2.44. The van der Waals surface area contributed by atoms with E-state index in [1.54, 1.807) is 17.6 Å². The highest BCUT2D eigenvalue weighted by molar-refractivity contribution is 5.95. The summed E-state index contributed by atoms with van der Waals surface area (Å²) in [5.41, 5.74) is 2.33. The molecule has 1 saturated heterocycles. The molecule has 11 heteroatoms. The number of nitrogens with zero attached hydrogens (tertiary/aromatic N) is 4. The van der Waals surface area contributed by atoms with Crippen molar-refractivity contribution in [3.05, 3.63) is 81.0 Å². The molecule has 4 rings (SSSR count). The molecule has 1 aliphatic carbocycles. The van der Waals surface area contributed by atoms with Crippen LogP contribution in [0.3, 0.4) is 0 Å². The summed E-state index contributed by atoms with van der Waals surface area (Å²) in [5, 5.41) is 12.1. The maximum Gasteiger partial charge on any atom is 0.385 e. The van der Waals surface area contributed by atoms with Gasteiger partial charge in [-0.05, 0) is 34.0 Å². The van der Waals surface area contributed by atoms with Gasteiger partial charge < -0.3 is 33.8 Å². The van der Waals surface area contributed by atoms with E-state index in [9.17, 15) is 19.7 Å². The van der Waals surface area contributed by atoms with Crippen molar-refractivity contribution in [1.82, 2.24) is 14.5 Å². The maximum absolute atomic E-state index is 13.3. The summed E-state index contributed by atoms with van der Waals surface area (Å²) in [6.07, 6.45) is 3.13. The molecule has 1 aliphatic heterocycles. The molecule has 1 aromatic carbocycles. The fraction of sp³-hybridized carbons (Fsp3) is 0.400. The van der Waals surface area contributed by atoms with Crippen LogP contribution in [0.1, 0.15) is 24.1 Å². The second-order valence-electron chi connectivity index (χ2n) is 8.56. The summed E-state index contributed by atoms with van der Waals surface area (Å²) in [7, 11) is 2.50. The predicted octanol–water partition coefficient (Wildman–Crippen LogP) is 2.43. The Kier molecular flexibility index (Phi) is 7.49. The van der Waals surface area contributed by atoms with Crippen molar-refractivity contribution in [2.75, 3.05) is 40.5 Å². The quantitative estimate of drug-likeness (QED) is 0.323. The first-order valence-corrected chi connectivity index (χ1v) is 11.5. The van der Waals surface area contributed by atoms with Crippen molar-refractivity contribution in [1.29, 1.82) is 0 Å². The van der Waals surface area contributed by atoms with E-state index in [-0.39, 0.29) is 17.8 Å². The number of esters is 2. The second-order valence-corrected chi connectivity index (χ2v) is 8.56. The monoisotopic (exact) mass is 496 g/mol. The fourth-order valence-electron chi connectivity index (χ4n) is 4.90. The first-order chi connectivity index (χ1) is 17.4. The highest BCUT2D eigenvalue weighted by Crippen LogP contribution is 2.46. The molecule has 11 nitrogen and oxygen atoms in total. The third-order valence-electron chi connectivity index (χ3n) is 6.51. The molecule has 190 valence electrons. The van der Waals surface area contributed by atoms with Gasteiger partial charge in [0, 0.05) is 18.8 Å². The van der Waals surface area contributed by atoms with E-state index in [0.29, 0.717) is 37.6 Å². The molecule has 0 saturated carbocycles. The molecule has 1 fully saturated rings. The average molecular weight is 497 g/mol. The van der Waals surface area contributed by atoms with Gasteiger partial charge in [0.25, 0.3) is 0 Å². The minimum absolute atomic E-state index is 0.137. The summed E-state index contributed by atoms with van der Waals surface area (Å²) >= 11 is 0. The van der Waals surface area contributed by atoms with Gasteiger partial charge in [-0.1, -0.05) is 30.3 Å². The Bertz CT molecular complexity index is 1210. The number of benzene rings is 1. The van der Waals surface area contributed by atoms with Crippen LogP contribution in [0.4, 0.5) is 5.82 Å². The van der Waals surface area contributed by atoms with E-state index in [2.05, 4.69) is 4.98 Å². The number of morpholine rings is 1. The van der Waals surface area contributed by atoms with Crippen molar-refractivity contribution in [3.8, 4) is 0 Å². The van der Waals surface area contributed by atoms with Crippen LogP contribution in [0.5, 0.6) is 0 Å². The number of nitro groups is 1.